The van der Waals surface area contributed by atoms with E-state index in [-0.39, 0.29) is 12.3 Å². The van der Waals surface area contributed by atoms with Gasteiger partial charge in [0.15, 0.2) is 0 Å². The molecule has 0 aliphatic carbocycles. The van der Waals surface area contributed by atoms with Crippen LogP contribution >= 0.6 is 0 Å². The number of anilines is 1. The van der Waals surface area contributed by atoms with Crippen molar-refractivity contribution in [3.8, 4) is 5.75 Å². The Morgan fingerprint density at radius 1 is 1.17 bits per heavy atom. The van der Waals surface area contributed by atoms with E-state index in [1.807, 2.05) is 44.2 Å². The molecule has 4 heteroatoms. The largest absolute Gasteiger partial charge is 0.492 e. The van der Waals surface area contributed by atoms with Crippen LogP contribution in [0, 0.1) is 13.8 Å². The highest BCUT2D eigenvalue weighted by Gasteiger charge is 2.13. The van der Waals surface area contributed by atoms with Gasteiger partial charge in [0.05, 0.1) is 25.0 Å². The predicted octanol–water partition coefficient (Wildman–Crippen LogP) is 4.63. The third kappa shape index (κ3) is 3.27. The molecule has 0 bridgehead atoms. The van der Waals surface area contributed by atoms with Gasteiger partial charge < -0.3 is 14.5 Å². The lowest BCUT2D eigenvalue weighted by Crippen LogP contribution is -2.15. The molecule has 1 heterocycles. The summed E-state index contributed by atoms with van der Waals surface area (Å²) >= 11 is 0. The lowest BCUT2D eigenvalue weighted by molar-refractivity contribution is -0.115. The van der Waals surface area contributed by atoms with Gasteiger partial charge in [0.1, 0.15) is 11.3 Å². The van der Waals surface area contributed by atoms with E-state index >= 15 is 0 Å². The molecule has 4 nitrogen and oxygen atoms in total. The van der Waals surface area contributed by atoms with Crippen molar-refractivity contribution in [2.75, 3.05) is 11.9 Å². The minimum absolute atomic E-state index is 0.0944. The summed E-state index contributed by atoms with van der Waals surface area (Å²) in [6.07, 6.45) is 1.92. The van der Waals surface area contributed by atoms with Crippen molar-refractivity contribution < 1.29 is 13.9 Å². The van der Waals surface area contributed by atoms with Crippen molar-refractivity contribution in [3.63, 3.8) is 0 Å². The van der Waals surface area contributed by atoms with E-state index in [0.29, 0.717) is 18.0 Å². The van der Waals surface area contributed by atoms with Gasteiger partial charge in [0.2, 0.25) is 5.91 Å². The fourth-order valence-corrected chi connectivity index (χ4v) is 2.69. The van der Waals surface area contributed by atoms with Gasteiger partial charge in [-0.25, -0.2) is 0 Å². The van der Waals surface area contributed by atoms with Crippen LogP contribution in [0.5, 0.6) is 5.75 Å². The lowest BCUT2D eigenvalue weighted by atomic mass is 10.0. The molecule has 0 fully saturated rings. The molecule has 0 atom stereocenters. The van der Waals surface area contributed by atoms with Gasteiger partial charge in [0, 0.05) is 10.9 Å². The van der Waals surface area contributed by atoms with E-state index < -0.39 is 0 Å². The summed E-state index contributed by atoms with van der Waals surface area (Å²) in [4.78, 5) is 12.4. The molecule has 1 aromatic heterocycles. The predicted molar refractivity (Wildman–Crippen MR) is 95.6 cm³/mol. The second-order valence-corrected chi connectivity index (χ2v) is 5.85. The third-order valence-electron chi connectivity index (χ3n) is 4.08. The second-order valence-electron chi connectivity index (χ2n) is 5.85. The molecule has 0 saturated heterocycles. The van der Waals surface area contributed by atoms with E-state index in [1.54, 1.807) is 6.26 Å². The Morgan fingerprint density at radius 2 is 1.92 bits per heavy atom. The van der Waals surface area contributed by atoms with Crippen LogP contribution < -0.4 is 10.1 Å². The minimum Gasteiger partial charge on any atom is -0.492 e. The summed E-state index contributed by atoms with van der Waals surface area (Å²) in [5, 5.41) is 3.91. The van der Waals surface area contributed by atoms with Crippen LogP contribution in [0.3, 0.4) is 0 Å². The highest BCUT2D eigenvalue weighted by Crippen LogP contribution is 2.27. The molecule has 0 aliphatic rings. The van der Waals surface area contributed by atoms with E-state index in [9.17, 15) is 4.79 Å². The fraction of sp³-hybridized carbons (Fsp3) is 0.250. The molecule has 1 N–H and O–H groups in total. The number of nitrogens with one attached hydrogen (secondary N) is 1. The van der Waals surface area contributed by atoms with E-state index in [0.717, 1.165) is 16.5 Å². The molecule has 3 rings (SSSR count). The van der Waals surface area contributed by atoms with Gasteiger partial charge in [-0.2, -0.15) is 0 Å². The second kappa shape index (κ2) is 6.79. The van der Waals surface area contributed by atoms with Crippen LogP contribution in [-0.4, -0.2) is 12.5 Å². The maximum Gasteiger partial charge on any atom is 0.229 e. The number of hydrogen-bond donors (Lipinski definition) is 1. The Bertz CT molecular complexity index is 880. The molecular formula is C20H21NO3. The standard InChI is InChI=1S/C20H21NO3/c1-4-23-18-8-6-5-7-17(18)21-20(22)11-15-12-24-19-10-14(3)13(2)9-16(15)19/h5-10,12H,4,11H2,1-3H3,(H,21,22). The van der Waals surface area contributed by atoms with E-state index in [1.165, 1.54) is 11.1 Å². The number of para-hydroxylation sites is 2. The summed E-state index contributed by atoms with van der Waals surface area (Å²) in [5.74, 6) is 0.583. The molecule has 1 amide bonds. The first-order chi connectivity index (χ1) is 11.6. The maximum absolute atomic E-state index is 12.4. The van der Waals surface area contributed by atoms with Gasteiger partial charge in [0.25, 0.3) is 0 Å². The normalized spacial score (nSPS) is 10.8. The average Bonchev–Trinajstić information content (AvgIpc) is 2.92. The van der Waals surface area contributed by atoms with E-state index in [2.05, 4.69) is 18.3 Å². The first kappa shape index (κ1) is 16.1. The van der Waals surface area contributed by atoms with Crippen LogP contribution in [-0.2, 0) is 11.2 Å². The molecule has 0 saturated carbocycles. The van der Waals surface area contributed by atoms with Crippen LogP contribution in [0.2, 0.25) is 0 Å². The number of hydrogen-bond acceptors (Lipinski definition) is 3. The summed E-state index contributed by atoms with van der Waals surface area (Å²) in [6, 6.07) is 11.5. The molecule has 24 heavy (non-hydrogen) atoms. The molecule has 3 aromatic rings. The Balaban J connectivity index is 1.80. The van der Waals surface area contributed by atoms with Crippen molar-refractivity contribution >= 4 is 22.6 Å². The Morgan fingerprint density at radius 3 is 2.71 bits per heavy atom. The molecule has 2 aromatic carbocycles. The first-order valence-electron chi connectivity index (χ1n) is 8.07. The number of amides is 1. The van der Waals surface area contributed by atoms with Crippen molar-refractivity contribution in [1.29, 1.82) is 0 Å². The third-order valence-corrected chi connectivity index (χ3v) is 4.08. The zero-order chi connectivity index (χ0) is 17.1. The number of ether oxygens (including phenoxy) is 1. The summed E-state index contributed by atoms with van der Waals surface area (Å²) in [7, 11) is 0. The summed E-state index contributed by atoms with van der Waals surface area (Å²) in [5.41, 5.74) is 4.75. The van der Waals surface area contributed by atoms with Crippen molar-refractivity contribution in [2.24, 2.45) is 0 Å². The number of furan rings is 1. The van der Waals surface area contributed by atoms with Gasteiger partial charge in [-0.15, -0.1) is 0 Å². The summed E-state index contributed by atoms with van der Waals surface area (Å²) in [6.45, 7) is 6.58. The number of fused-ring (bicyclic) bond motifs is 1. The van der Waals surface area contributed by atoms with Crippen LogP contribution in [0.25, 0.3) is 11.0 Å². The Kier molecular flexibility index (Phi) is 4.56. The fourth-order valence-electron chi connectivity index (χ4n) is 2.69. The highest BCUT2D eigenvalue weighted by atomic mass is 16.5. The number of aryl methyl sites for hydroxylation is 2. The van der Waals surface area contributed by atoms with Crippen molar-refractivity contribution in [3.05, 3.63) is 59.4 Å². The topological polar surface area (TPSA) is 51.5 Å². The average molecular weight is 323 g/mol. The SMILES string of the molecule is CCOc1ccccc1NC(=O)Cc1coc2cc(C)c(C)cc12. The monoisotopic (exact) mass is 323 g/mol. The molecular weight excluding hydrogens is 302 g/mol. The molecule has 0 aliphatic heterocycles. The number of rotatable bonds is 5. The van der Waals surface area contributed by atoms with Crippen LogP contribution in [0.1, 0.15) is 23.6 Å². The van der Waals surface area contributed by atoms with Crippen molar-refractivity contribution in [2.45, 2.75) is 27.2 Å². The van der Waals surface area contributed by atoms with Crippen LogP contribution in [0.15, 0.2) is 47.1 Å². The smallest absolute Gasteiger partial charge is 0.229 e. The number of carbonyl (C=O) groups is 1. The minimum atomic E-state index is -0.0944. The van der Waals surface area contributed by atoms with E-state index in [4.69, 9.17) is 9.15 Å². The van der Waals surface area contributed by atoms with Gasteiger partial charge in [-0.1, -0.05) is 12.1 Å². The first-order valence-corrected chi connectivity index (χ1v) is 8.07. The molecule has 124 valence electrons. The quantitative estimate of drug-likeness (QED) is 0.745. The van der Waals surface area contributed by atoms with Gasteiger partial charge in [-0.3, -0.25) is 4.79 Å². The molecule has 0 radical (unpaired) electrons. The summed E-state index contributed by atoms with van der Waals surface area (Å²) < 4.78 is 11.1. The van der Waals surface area contributed by atoms with Gasteiger partial charge >= 0.3 is 0 Å². The zero-order valence-electron chi connectivity index (χ0n) is 14.2. The number of benzene rings is 2. The highest BCUT2D eigenvalue weighted by molar-refractivity contribution is 5.96. The maximum atomic E-state index is 12.4. The number of carbonyl (C=O) groups excluding carboxylic acids is 1. The molecule has 0 unspecified atom stereocenters. The zero-order valence-corrected chi connectivity index (χ0v) is 14.2. The van der Waals surface area contributed by atoms with Gasteiger partial charge in [-0.05, 0) is 56.2 Å². The molecule has 0 spiro atoms. The Hall–Kier alpha value is -2.75. The van der Waals surface area contributed by atoms with Crippen LogP contribution in [0.4, 0.5) is 5.69 Å². The Labute approximate surface area is 141 Å². The van der Waals surface area contributed by atoms with Crippen molar-refractivity contribution in [1.82, 2.24) is 0 Å². The lowest BCUT2D eigenvalue weighted by Gasteiger charge is -2.11.